The lowest BCUT2D eigenvalue weighted by Gasteiger charge is -2.11. The number of anilines is 1. The first-order valence-corrected chi connectivity index (χ1v) is 8.90. The van der Waals surface area contributed by atoms with Crippen LogP contribution in [0, 0.1) is 11.3 Å². The molecule has 136 valence electrons. The fourth-order valence-corrected chi connectivity index (χ4v) is 3.23. The highest BCUT2D eigenvalue weighted by atomic mass is 16.4. The molecule has 1 fully saturated rings. The van der Waals surface area contributed by atoms with Crippen molar-refractivity contribution in [1.82, 2.24) is 14.7 Å². The minimum absolute atomic E-state index is 0.217. The Morgan fingerprint density at radius 1 is 1.19 bits per heavy atom. The number of nitriles is 1. The van der Waals surface area contributed by atoms with Gasteiger partial charge in [0, 0.05) is 0 Å². The van der Waals surface area contributed by atoms with Crippen molar-refractivity contribution in [3.8, 4) is 11.8 Å². The van der Waals surface area contributed by atoms with Crippen LogP contribution in [0.5, 0.6) is 0 Å². The molecular formula is C20H19N5O2. The highest BCUT2D eigenvalue weighted by Gasteiger charge is 2.19. The minimum atomic E-state index is -0.406. The van der Waals surface area contributed by atoms with Crippen LogP contribution in [0.3, 0.4) is 0 Å². The molecule has 2 aromatic heterocycles. The number of aromatic nitrogens is 2. The van der Waals surface area contributed by atoms with Crippen molar-refractivity contribution in [1.29, 1.82) is 5.26 Å². The van der Waals surface area contributed by atoms with Gasteiger partial charge in [0.25, 0.3) is 5.91 Å². The third kappa shape index (κ3) is 3.61. The molecule has 0 aliphatic carbocycles. The van der Waals surface area contributed by atoms with Crippen LogP contribution in [0.1, 0.15) is 34.7 Å². The van der Waals surface area contributed by atoms with Gasteiger partial charge in [-0.1, -0.05) is 18.2 Å². The smallest absolute Gasteiger partial charge is 0.292 e. The zero-order valence-electron chi connectivity index (χ0n) is 14.8. The van der Waals surface area contributed by atoms with Crippen molar-refractivity contribution in [3.05, 3.63) is 65.7 Å². The normalized spacial score (nSPS) is 14.2. The Labute approximate surface area is 156 Å². The summed E-state index contributed by atoms with van der Waals surface area (Å²) in [5, 5.41) is 16.3. The monoisotopic (exact) mass is 361 g/mol. The Hall–Kier alpha value is -3.37. The molecule has 1 aliphatic rings. The van der Waals surface area contributed by atoms with Gasteiger partial charge in [0.15, 0.2) is 11.6 Å². The summed E-state index contributed by atoms with van der Waals surface area (Å²) in [6.45, 7) is 2.83. The van der Waals surface area contributed by atoms with E-state index in [0.29, 0.717) is 12.4 Å². The van der Waals surface area contributed by atoms with Crippen molar-refractivity contribution in [2.75, 3.05) is 18.4 Å². The summed E-state index contributed by atoms with van der Waals surface area (Å²) >= 11 is 0. The summed E-state index contributed by atoms with van der Waals surface area (Å²) < 4.78 is 7.24. The lowest BCUT2D eigenvalue weighted by Crippen LogP contribution is -2.18. The number of furan rings is 1. The van der Waals surface area contributed by atoms with Gasteiger partial charge in [-0.05, 0) is 50.2 Å². The number of benzene rings is 1. The first-order valence-electron chi connectivity index (χ1n) is 8.90. The summed E-state index contributed by atoms with van der Waals surface area (Å²) in [6, 6.07) is 14.9. The van der Waals surface area contributed by atoms with E-state index >= 15 is 0 Å². The number of nitrogens with one attached hydrogen (secondary N) is 1. The minimum Gasteiger partial charge on any atom is -0.455 e. The zero-order chi connectivity index (χ0) is 18.6. The number of carbonyl (C=O) groups excluding carboxylic acids is 1. The van der Waals surface area contributed by atoms with E-state index in [1.807, 2.05) is 36.4 Å². The van der Waals surface area contributed by atoms with Crippen molar-refractivity contribution in [3.63, 3.8) is 0 Å². The van der Waals surface area contributed by atoms with E-state index in [4.69, 9.17) is 4.42 Å². The molecule has 0 unspecified atom stereocenters. The Kier molecular flexibility index (Phi) is 4.73. The van der Waals surface area contributed by atoms with E-state index in [-0.39, 0.29) is 11.3 Å². The van der Waals surface area contributed by atoms with Gasteiger partial charge < -0.3 is 9.73 Å². The molecule has 0 bridgehead atoms. The summed E-state index contributed by atoms with van der Waals surface area (Å²) in [7, 11) is 0. The van der Waals surface area contributed by atoms with Crippen LogP contribution < -0.4 is 5.32 Å². The molecule has 3 aromatic rings. The van der Waals surface area contributed by atoms with E-state index in [0.717, 1.165) is 24.5 Å². The van der Waals surface area contributed by atoms with Crippen LogP contribution >= 0.6 is 0 Å². The van der Waals surface area contributed by atoms with Gasteiger partial charge in [0.05, 0.1) is 18.4 Å². The van der Waals surface area contributed by atoms with Gasteiger partial charge in [0.1, 0.15) is 17.4 Å². The van der Waals surface area contributed by atoms with E-state index < -0.39 is 5.91 Å². The van der Waals surface area contributed by atoms with Crippen molar-refractivity contribution in [2.24, 2.45) is 0 Å². The van der Waals surface area contributed by atoms with Crippen LogP contribution in [0.15, 0.2) is 53.1 Å². The van der Waals surface area contributed by atoms with Gasteiger partial charge in [0.2, 0.25) is 0 Å². The maximum absolute atomic E-state index is 12.6. The Morgan fingerprint density at radius 3 is 2.70 bits per heavy atom. The fourth-order valence-electron chi connectivity index (χ4n) is 3.23. The van der Waals surface area contributed by atoms with Gasteiger partial charge in [-0.3, -0.25) is 9.69 Å². The second-order valence-corrected chi connectivity index (χ2v) is 6.47. The molecule has 1 N–H and O–H groups in total. The number of para-hydroxylation sites is 1. The number of rotatable bonds is 5. The number of nitrogens with zero attached hydrogens (tertiary/aromatic N) is 4. The molecule has 0 saturated carbocycles. The van der Waals surface area contributed by atoms with Crippen LogP contribution in [-0.2, 0) is 6.54 Å². The zero-order valence-corrected chi connectivity index (χ0v) is 14.8. The number of amides is 1. The van der Waals surface area contributed by atoms with Crippen molar-refractivity contribution < 1.29 is 9.21 Å². The molecule has 0 atom stereocenters. The topological polar surface area (TPSA) is 87.1 Å². The lowest BCUT2D eigenvalue weighted by atomic mass is 10.3. The maximum Gasteiger partial charge on any atom is 0.292 e. The predicted octanol–water partition coefficient (Wildman–Crippen LogP) is 3.19. The fraction of sp³-hybridized carbons (Fsp3) is 0.250. The van der Waals surface area contributed by atoms with E-state index in [1.54, 1.807) is 6.07 Å². The summed E-state index contributed by atoms with van der Waals surface area (Å²) in [5.74, 6) is 0.899. The summed E-state index contributed by atoms with van der Waals surface area (Å²) in [4.78, 5) is 14.9. The van der Waals surface area contributed by atoms with E-state index in [2.05, 4.69) is 21.4 Å². The largest absolute Gasteiger partial charge is 0.455 e. The average molecular weight is 361 g/mol. The van der Waals surface area contributed by atoms with E-state index in [9.17, 15) is 10.1 Å². The number of carbonyl (C=O) groups is 1. The molecule has 4 rings (SSSR count). The molecule has 27 heavy (non-hydrogen) atoms. The molecule has 7 nitrogen and oxygen atoms in total. The van der Waals surface area contributed by atoms with Crippen LogP contribution in [-0.4, -0.2) is 33.7 Å². The second kappa shape index (κ2) is 7.48. The summed E-state index contributed by atoms with van der Waals surface area (Å²) in [6.07, 6.45) is 3.84. The third-order valence-electron chi connectivity index (χ3n) is 4.59. The second-order valence-electron chi connectivity index (χ2n) is 6.47. The Morgan fingerprint density at radius 2 is 1.96 bits per heavy atom. The Balaban J connectivity index is 1.54. The van der Waals surface area contributed by atoms with Crippen LogP contribution in [0.25, 0.3) is 5.69 Å². The molecule has 1 aliphatic heterocycles. The van der Waals surface area contributed by atoms with Crippen molar-refractivity contribution >= 4 is 11.7 Å². The number of hydrogen-bond acceptors (Lipinski definition) is 5. The highest BCUT2D eigenvalue weighted by molar-refractivity contribution is 6.02. The maximum atomic E-state index is 12.6. The molecular weight excluding hydrogens is 342 g/mol. The molecule has 7 heteroatoms. The molecule has 3 heterocycles. The van der Waals surface area contributed by atoms with Crippen molar-refractivity contribution in [2.45, 2.75) is 19.4 Å². The highest BCUT2D eigenvalue weighted by Crippen LogP contribution is 2.21. The lowest BCUT2D eigenvalue weighted by molar-refractivity contribution is 0.0992. The average Bonchev–Trinajstić information content (AvgIpc) is 3.44. The van der Waals surface area contributed by atoms with Gasteiger partial charge >= 0.3 is 0 Å². The molecule has 1 saturated heterocycles. The Bertz CT molecular complexity index is 977. The quantitative estimate of drug-likeness (QED) is 0.754. The van der Waals surface area contributed by atoms with E-state index in [1.165, 1.54) is 23.7 Å². The van der Waals surface area contributed by atoms with Crippen LogP contribution in [0.4, 0.5) is 5.82 Å². The number of likely N-dealkylation sites (tertiary alicyclic amines) is 1. The molecule has 1 amide bonds. The summed E-state index contributed by atoms with van der Waals surface area (Å²) in [5.41, 5.74) is 1.04. The standard InChI is InChI=1S/C20H19N5O2/c21-12-15-13-22-25(16-6-2-1-3-7-16)19(15)23-20(26)18-9-8-17(27-18)14-24-10-4-5-11-24/h1-3,6-9,13H,4-5,10-11,14H2,(H,23,26). The first kappa shape index (κ1) is 17.1. The van der Waals surface area contributed by atoms with Gasteiger partial charge in [-0.25, -0.2) is 4.68 Å². The molecule has 0 spiro atoms. The predicted molar refractivity (Wildman–Crippen MR) is 99.5 cm³/mol. The third-order valence-corrected chi connectivity index (χ3v) is 4.59. The number of hydrogen-bond donors (Lipinski definition) is 1. The molecule has 0 radical (unpaired) electrons. The first-order chi connectivity index (χ1) is 13.2. The SMILES string of the molecule is N#Cc1cnn(-c2ccccc2)c1NC(=O)c1ccc(CN2CCCC2)o1. The van der Waals surface area contributed by atoms with Gasteiger partial charge in [-0.2, -0.15) is 10.4 Å². The van der Waals surface area contributed by atoms with Gasteiger partial charge in [-0.15, -0.1) is 0 Å². The van der Waals surface area contributed by atoms with Crippen LogP contribution in [0.2, 0.25) is 0 Å². The molecule has 1 aromatic carbocycles.